The number of primary amides is 1. The Bertz CT molecular complexity index is 1050. The molecule has 0 bridgehead atoms. The fourth-order valence-corrected chi connectivity index (χ4v) is 2.68. The molecule has 8 heteroatoms. The first-order chi connectivity index (χ1) is 13.0. The molecular formula is C19H17N3O5. The van der Waals surface area contributed by atoms with E-state index in [1.54, 1.807) is 30.3 Å². The smallest absolute Gasteiger partial charge is 0.336 e. The summed E-state index contributed by atoms with van der Waals surface area (Å²) in [5, 5.41) is 3.17. The Hall–Kier alpha value is -3.68. The van der Waals surface area contributed by atoms with Crippen molar-refractivity contribution in [3.05, 3.63) is 70.3 Å². The Morgan fingerprint density at radius 3 is 2.74 bits per heavy atom. The lowest BCUT2D eigenvalue weighted by atomic mass is 10.0. The Balaban J connectivity index is 1.92. The molecule has 0 fully saturated rings. The zero-order valence-electron chi connectivity index (χ0n) is 14.5. The van der Waals surface area contributed by atoms with Gasteiger partial charge >= 0.3 is 5.63 Å². The van der Waals surface area contributed by atoms with Crippen LogP contribution in [0.25, 0.3) is 11.0 Å². The van der Waals surface area contributed by atoms with Crippen LogP contribution in [0.3, 0.4) is 0 Å². The number of hydrogen-bond acceptors (Lipinski definition) is 6. The van der Waals surface area contributed by atoms with Crippen molar-refractivity contribution in [3.8, 4) is 5.75 Å². The van der Waals surface area contributed by atoms with E-state index in [-0.39, 0.29) is 12.1 Å². The summed E-state index contributed by atoms with van der Waals surface area (Å²) in [6.07, 6.45) is 1.50. The number of pyridine rings is 1. The maximum atomic E-state index is 12.3. The van der Waals surface area contributed by atoms with E-state index < -0.39 is 23.5 Å². The third-order valence-electron chi connectivity index (χ3n) is 4.01. The fourth-order valence-electron chi connectivity index (χ4n) is 2.68. The molecule has 138 valence electrons. The van der Waals surface area contributed by atoms with Gasteiger partial charge in [0.1, 0.15) is 23.1 Å². The Kier molecular flexibility index (Phi) is 5.16. The highest BCUT2D eigenvalue weighted by Gasteiger charge is 2.22. The molecule has 1 aromatic carbocycles. The van der Waals surface area contributed by atoms with E-state index in [2.05, 4.69) is 10.3 Å². The number of nitrogens with zero attached hydrogens (tertiary/aromatic N) is 1. The van der Waals surface area contributed by atoms with E-state index in [9.17, 15) is 14.4 Å². The van der Waals surface area contributed by atoms with Crippen molar-refractivity contribution in [1.29, 1.82) is 0 Å². The molecule has 0 unspecified atom stereocenters. The van der Waals surface area contributed by atoms with Crippen LogP contribution in [-0.4, -0.2) is 29.9 Å². The average Bonchev–Trinajstić information content (AvgIpc) is 2.67. The summed E-state index contributed by atoms with van der Waals surface area (Å²) in [7, 11) is 1.50. The van der Waals surface area contributed by atoms with Gasteiger partial charge < -0.3 is 20.2 Å². The molecule has 0 aliphatic carbocycles. The van der Waals surface area contributed by atoms with Crippen LogP contribution in [0.4, 0.5) is 0 Å². The van der Waals surface area contributed by atoms with Crippen LogP contribution in [0.15, 0.2) is 57.9 Å². The average molecular weight is 367 g/mol. The molecule has 3 rings (SSSR count). The van der Waals surface area contributed by atoms with E-state index in [0.29, 0.717) is 22.3 Å². The molecule has 0 spiro atoms. The highest BCUT2D eigenvalue weighted by Crippen LogP contribution is 2.23. The van der Waals surface area contributed by atoms with Crippen molar-refractivity contribution in [3.63, 3.8) is 0 Å². The van der Waals surface area contributed by atoms with Crippen LogP contribution in [0.2, 0.25) is 0 Å². The molecule has 27 heavy (non-hydrogen) atoms. The normalized spacial score (nSPS) is 11.7. The SMILES string of the molecule is COc1ccc2c(C[C@H](NC(=O)c3ccccn3)C(N)=O)cc(=O)oc2c1. The minimum Gasteiger partial charge on any atom is -0.497 e. The lowest BCUT2D eigenvalue weighted by molar-refractivity contribution is -0.119. The van der Waals surface area contributed by atoms with Crippen LogP contribution in [0.1, 0.15) is 16.1 Å². The molecule has 8 nitrogen and oxygen atoms in total. The highest BCUT2D eigenvalue weighted by atomic mass is 16.5. The summed E-state index contributed by atoms with van der Waals surface area (Å²) in [6, 6.07) is 10.1. The van der Waals surface area contributed by atoms with Crippen LogP contribution in [0, 0.1) is 0 Å². The quantitative estimate of drug-likeness (QED) is 0.627. The molecule has 2 amide bonds. The second-order valence-corrected chi connectivity index (χ2v) is 5.80. The highest BCUT2D eigenvalue weighted by molar-refractivity contribution is 5.96. The standard InChI is InChI=1S/C19H17N3O5/c1-26-12-5-6-13-11(9-17(23)27-16(13)10-12)8-15(18(20)24)22-19(25)14-4-2-3-7-21-14/h2-7,9-10,15H,8H2,1H3,(H2,20,24)(H,22,25)/t15-/m0/s1. The number of ether oxygens (including phenoxy) is 1. The first-order valence-corrected chi connectivity index (χ1v) is 8.10. The monoisotopic (exact) mass is 367 g/mol. The maximum absolute atomic E-state index is 12.3. The predicted octanol–water partition coefficient (Wildman–Crippen LogP) is 1.02. The van der Waals surface area contributed by atoms with Crippen molar-refractivity contribution in [2.75, 3.05) is 7.11 Å². The van der Waals surface area contributed by atoms with E-state index in [1.807, 2.05) is 0 Å². The Labute approximate surface area is 154 Å². The topological polar surface area (TPSA) is 125 Å². The summed E-state index contributed by atoms with van der Waals surface area (Å²) in [5.41, 5.74) is 5.86. The van der Waals surface area contributed by atoms with Gasteiger partial charge in [-0.15, -0.1) is 0 Å². The summed E-state index contributed by atoms with van der Waals surface area (Å²) in [6.45, 7) is 0. The first-order valence-electron chi connectivity index (χ1n) is 8.10. The zero-order chi connectivity index (χ0) is 19.4. The van der Waals surface area contributed by atoms with E-state index in [1.165, 1.54) is 25.4 Å². The van der Waals surface area contributed by atoms with Crippen molar-refractivity contribution in [2.45, 2.75) is 12.5 Å². The van der Waals surface area contributed by atoms with Crippen LogP contribution in [0.5, 0.6) is 5.75 Å². The molecule has 0 radical (unpaired) electrons. The van der Waals surface area contributed by atoms with Gasteiger partial charge in [-0.1, -0.05) is 6.07 Å². The number of carbonyl (C=O) groups is 2. The maximum Gasteiger partial charge on any atom is 0.336 e. The number of benzene rings is 1. The molecule has 0 aliphatic rings. The van der Waals surface area contributed by atoms with E-state index in [4.69, 9.17) is 14.9 Å². The van der Waals surface area contributed by atoms with Gasteiger partial charge in [-0.2, -0.15) is 0 Å². The summed E-state index contributed by atoms with van der Waals surface area (Å²) < 4.78 is 10.3. The van der Waals surface area contributed by atoms with Crippen LogP contribution >= 0.6 is 0 Å². The van der Waals surface area contributed by atoms with Gasteiger partial charge in [0.15, 0.2) is 0 Å². The Morgan fingerprint density at radius 2 is 2.07 bits per heavy atom. The number of aromatic nitrogens is 1. The van der Waals surface area contributed by atoms with Gasteiger partial charge in [0, 0.05) is 30.1 Å². The number of hydrogen-bond donors (Lipinski definition) is 2. The molecule has 1 atom stereocenters. The molecule has 0 aliphatic heterocycles. The molecular weight excluding hydrogens is 350 g/mol. The number of methoxy groups -OCH3 is 1. The third-order valence-corrected chi connectivity index (χ3v) is 4.01. The largest absolute Gasteiger partial charge is 0.497 e. The van der Waals surface area contributed by atoms with Crippen LogP contribution in [-0.2, 0) is 11.2 Å². The number of carbonyl (C=O) groups excluding carboxylic acids is 2. The van der Waals surface area contributed by atoms with E-state index >= 15 is 0 Å². The van der Waals surface area contributed by atoms with Gasteiger partial charge in [0.2, 0.25) is 5.91 Å². The van der Waals surface area contributed by atoms with Crippen molar-refractivity contribution >= 4 is 22.8 Å². The predicted molar refractivity (Wildman–Crippen MR) is 97.4 cm³/mol. The first kappa shape index (κ1) is 18.1. The summed E-state index contributed by atoms with van der Waals surface area (Å²) in [4.78, 5) is 40.0. The molecule has 2 heterocycles. The lowest BCUT2D eigenvalue weighted by Gasteiger charge is -2.16. The minimum atomic E-state index is -1.02. The van der Waals surface area contributed by atoms with Crippen molar-refractivity contribution in [2.24, 2.45) is 5.73 Å². The second kappa shape index (κ2) is 7.69. The third kappa shape index (κ3) is 4.12. The molecule has 0 saturated carbocycles. The fraction of sp³-hybridized carbons (Fsp3) is 0.158. The lowest BCUT2D eigenvalue weighted by Crippen LogP contribution is -2.46. The van der Waals surface area contributed by atoms with Gasteiger partial charge in [-0.3, -0.25) is 14.6 Å². The summed E-state index contributed by atoms with van der Waals surface area (Å²) in [5.74, 6) is -0.736. The molecule has 0 saturated heterocycles. The zero-order valence-corrected chi connectivity index (χ0v) is 14.5. The van der Waals surface area contributed by atoms with Crippen molar-refractivity contribution < 1.29 is 18.7 Å². The minimum absolute atomic E-state index is 0.0301. The van der Waals surface area contributed by atoms with Gasteiger partial charge in [0.05, 0.1) is 7.11 Å². The van der Waals surface area contributed by atoms with Crippen molar-refractivity contribution in [1.82, 2.24) is 10.3 Å². The number of nitrogens with two attached hydrogens (primary N) is 1. The van der Waals surface area contributed by atoms with Crippen LogP contribution < -0.4 is 21.4 Å². The van der Waals surface area contributed by atoms with E-state index in [0.717, 1.165) is 0 Å². The number of rotatable bonds is 6. The molecule has 2 aromatic heterocycles. The molecule has 3 aromatic rings. The van der Waals surface area contributed by atoms with Gasteiger partial charge in [-0.25, -0.2) is 4.79 Å². The Morgan fingerprint density at radius 1 is 1.26 bits per heavy atom. The van der Waals surface area contributed by atoms with Gasteiger partial charge in [-0.05, 0) is 29.8 Å². The second-order valence-electron chi connectivity index (χ2n) is 5.80. The van der Waals surface area contributed by atoms with Gasteiger partial charge in [0.25, 0.3) is 5.91 Å². The number of nitrogens with one attached hydrogen (secondary N) is 1. The summed E-state index contributed by atoms with van der Waals surface area (Å²) >= 11 is 0. The number of amides is 2. The number of fused-ring (bicyclic) bond motifs is 1. The molecule has 3 N–H and O–H groups in total.